The number of non-ortho nitro benzene ring substituents is 1. The summed E-state index contributed by atoms with van der Waals surface area (Å²) in [6, 6.07) is 9.24. The van der Waals surface area contributed by atoms with Crippen LogP contribution in [0.1, 0.15) is 10.5 Å². The number of rotatable bonds is 4. The maximum atomic E-state index is 12.8. The summed E-state index contributed by atoms with van der Waals surface area (Å²) < 4.78 is 1.52. The van der Waals surface area contributed by atoms with Gasteiger partial charge in [-0.25, -0.2) is 9.67 Å². The molecule has 0 N–H and O–H groups in total. The van der Waals surface area contributed by atoms with Crippen molar-refractivity contribution in [3.05, 3.63) is 74.6 Å². The number of halogens is 2. The Morgan fingerprint density at radius 2 is 1.77 bits per heavy atom. The van der Waals surface area contributed by atoms with Gasteiger partial charge in [0.15, 0.2) is 5.69 Å². The van der Waals surface area contributed by atoms with E-state index in [0.29, 0.717) is 53.4 Å². The maximum Gasteiger partial charge on any atom is 0.274 e. The summed E-state index contributed by atoms with van der Waals surface area (Å²) >= 11 is 12.1. The predicted octanol–water partition coefficient (Wildman–Crippen LogP) is 3.44. The lowest BCUT2D eigenvalue weighted by Crippen LogP contribution is -2.49. The third-order valence-corrected chi connectivity index (χ3v) is 5.27. The standard InChI is InChI=1S/C19H16Cl2N6O3/c20-13-11-16(21)18(22-12-13)24-7-9-25(10-8-24)19(28)17-5-6-26(23-17)14-1-3-15(4-2-14)27(29)30/h1-6,11-12H,7-10H2. The lowest BCUT2D eigenvalue weighted by atomic mass is 10.2. The van der Waals surface area contributed by atoms with E-state index in [0.717, 1.165) is 0 Å². The zero-order valence-electron chi connectivity index (χ0n) is 15.6. The van der Waals surface area contributed by atoms with Crippen molar-refractivity contribution < 1.29 is 9.72 Å². The van der Waals surface area contributed by atoms with E-state index in [-0.39, 0.29) is 11.6 Å². The SMILES string of the molecule is O=C(c1ccn(-c2ccc([N+](=O)[O-])cc2)n1)N1CCN(c2ncc(Cl)cc2Cl)CC1. The molecule has 154 valence electrons. The van der Waals surface area contributed by atoms with Crippen LogP contribution < -0.4 is 4.90 Å². The van der Waals surface area contributed by atoms with Crippen LogP contribution in [-0.4, -0.2) is 56.7 Å². The molecule has 3 heterocycles. The lowest BCUT2D eigenvalue weighted by molar-refractivity contribution is -0.384. The Balaban J connectivity index is 1.42. The van der Waals surface area contributed by atoms with Crippen molar-refractivity contribution >= 4 is 40.6 Å². The van der Waals surface area contributed by atoms with Crippen LogP contribution in [-0.2, 0) is 0 Å². The molecule has 1 fully saturated rings. The monoisotopic (exact) mass is 446 g/mol. The largest absolute Gasteiger partial charge is 0.352 e. The molecule has 0 radical (unpaired) electrons. The molecule has 1 saturated heterocycles. The second-order valence-corrected chi connectivity index (χ2v) is 7.50. The minimum absolute atomic E-state index is 0.00430. The van der Waals surface area contributed by atoms with E-state index in [2.05, 4.69) is 10.1 Å². The minimum Gasteiger partial charge on any atom is -0.352 e. The van der Waals surface area contributed by atoms with Gasteiger partial charge in [0.05, 0.1) is 20.7 Å². The van der Waals surface area contributed by atoms with Gasteiger partial charge in [-0.3, -0.25) is 14.9 Å². The first kappa shape index (κ1) is 20.1. The Labute approximate surface area is 181 Å². The molecule has 1 amide bonds. The van der Waals surface area contributed by atoms with E-state index >= 15 is 0 Å². The van der Waals surface area contributed by atoms with E-state index in [1.54, 1.807) is 41.6 Å². The number of amides is 1. The highest BCUT2D eigenvalue weighted by Gasteiger charge is 2.25. The van der Waals surface area contributed by atoms with E-state index < -0.39 is 4.92 Å². The number of nitro benzene ring substituents is 1. The van der Waals surface area contributed by atoms with Crippen molar-refractivity contribution in [1.29, 1.82) is 0 Å². The minimum atomic E-state index is -0.464. The van der Waals surface area contributed by atoms with E-state index in [1.165, 1.54) is 16.8 Å². The molecule has 1 aromatic carbocycles. The summed E-state index contributed by atoms with van der Waals surface area (Å²) in [5, 5.41) is 16.1. The number of pyridine rings is 1. The van der Waals surface area contributed by atoms with Gasteiger partial charge in [0.2, 0.25) is 0 Å². The number of piperazine rings is 1. The zero-order chi connectivity index (χ0) is 21.3. The Bertz CT molecular complexity index is 1090. The normalized spacial score (nSPS) is 14.1. The van der Waals surface area contributed by atoms with Gasteiger partial charge in [-0.1, -0.05) is 23.2 Å². The van der Waals surface area contributed by atoms with Crippen molar-refractivity contribution in [1.82, 2.24) is 19.7 Å². The summed E-state index contributed by atoms with van der Waals surface area (Å²) in [6.45, 7) is 2.18. The molecule has 4 rings (SSSR count). The van der Waals surface area contributed by atoms with E-state index in [1.807, 2.05) is 4.90 Å². The van der Waals surface area contributed by atoms with E-state index in [4.69, 9.17) is 23.2 Å². The molecule has 0 unspecified atom stereocenters. The van der Waals surface area contributed by atoms with Crippen molar-refractivity contribution in [3.63, 3.8) is 0 Å². The van der Waals surface area contributed by atoms with Crippen LogP contribution in [0, 0.1) is 10.1 Å². The molecule has 0 saturated carbocycles. The van der Waals surface area contributed by atoms with Crippen LogP contribution in [0.4, 0.5) is 11.5 Å². The molecule has 0 aliphatic carbocycles. The Hall–Kier alpha value is -3.17. The predicted molar refractivity (Wildman–Crippen MR) is 113 cm³/mol. The number of hydrogen-bond donors (Lipinski definition) is 0. The van der Waals surface area contributed by atoms with Gasteiger partial charge in [0, 0.05) is 50.7 Å². The smallest absolute Gasteiger partial charge is 0.274 e. The second-order valence-electron chi connectivity index (χ2n) is 6.66. The third-order valence-electron chi connectivity index (χ3n) is 4.79. The molecule has 0 spiro atoms. The number of carbonyl (C=O) groups is 1. The quantitative estimate of drug-likeness (QED) is 0.449. The first-order valence-electron chi connectivity index (χ1n) is 9.08. The van der Waals surface area contributed by atoms with Crippen LogP contribution >= 0.6 is 23.2 Å². The van der Waals surface area contributed by atoms with Crippen molar-refractivity contribution in [2.24, 2.45) is 0 Å². The molecular formula is C19H16Cl2N6O3. The number of hydrogen-bond acceptors (Lipinski definition) is 6. The summed E-state index contributed by atoms with van der Waals surface area (Å²) in [7, 11) is 0. The fraction of sp³-hybridized carbons (Fsp3) is 0.211. The molecule has 11 heteroatoms. The van der Waals surface area contributed by atoms with E-state index in [9.17, 15) is 14.9 Å². The fourth-order valence-corrected chi connectivity index (χ4v) is 3.73. The van der Waals surface area contributed by atoms with Gasteiger partial charge in [0.25, 0.3) is 11.6 Å². The highest BCUT2D eigenvalue weighted by atomic mass is 35.5. The number of anilines is 1. The Kier molecular flexibility index (Phi) is 5.56. The third kappa shape index (κ3) is 4.07. The number of carbonyl (C=O) groups excluding carboxylic acids is 1. The first-order valence-corrected chi connectivity index (χ1v) is 9.84. The van der Waals surface area contributed by atoms with Gasteiger partial charge in [-0.05, 0) is 24.3 Å². The topological polar surface area (TPSA) is 97.4 Å². The summed E-state index contributed by atoms with van der Waals surface area (Å²) in [4.78, 5) is 31.2. The molecule has 30 heavy (non-hydrogen) atoms. The van der Waals surface area contributed by atoms with Crippen molar-refractivity contribution in [2.75, 3.05) is 31.1 Å². The van der Waals surface area contributed by atoms with Crippen molar-refractivity contribution in [2.45, 2.75) is 0 Å². The van der Waals surface area contributed by atoms with Gasteiger partial charge in [-0.2, -0.15) is 5.10 Å². The summed E-state index contributed by atoms with van der Waals surface area (Å²) in [5.41, 5.74) is 0.938. The van der Waals surface area contributed by atoms with Crippen LogP contribution in [0.5, 0.6) is 0 Å². The molecule has 0 atom stereocenters. The van der Waals surface area contributed by atoms with Crippen LogP contribution in [0.2, 0.25) is 10.0 Å². The van der Waals surface area contributed by atoms with Gasteiger partial charge >= 0.3 is 0 Å². The highest BCUT2D eigenvalue weighted by Crippen LogP contribution is 2.27. The molecule has 0 bridgehead atoms. The first-order chi connectivity index (χ1) is 14.4. The van der Waals surface area contributed by atoms with Gasteiger partial charge in [0.1, 0.15) is 5.82 Å². The zero-order valence-corrected chi connectivity index (χ0v) is 17.1. The number of aromatic nitrogens is 3. The second kappa shape index (κ2) is 8.29. The Morgan fingerprint density at radius 3 is 2.40 bits per heavy atom. The molecule has 2 aromatic heterocycles. The number of benzene rings is 1. The molecular weight excluding hydrogens is 431 g/mol. The Morgan fingerprint density at radius 1 is 1.07 bits per heavy atom. The highest BCUT2D eigenvalue weighted by molar-refractivity contribution is 6.36. The number of nitro groups is 1. The van der Waals surface area contributed by atoms with Crippen LogP contribution in [0.25, 0.3) is 5.69 Å². The fourth-order valence-electron chi connectivity index (χ4n) is 3.23. The number of nitrogens with zero attached hydrogens (tertiary/aromatic N) is 6. The molecule has 1 aliphatic rings. The molecule has 9 nitrogen and oxygen atoms in total. The average molecular weight is 447 g/mol. The molecule has 1 aliphatic heterocycles. The maximum absolute atomic E-state index is 12.8. The van der Waals surface area contributed by atoms with Crippen molar-refractivity contribution in [3.8, 4) is 5.69 Å². The van der Waals surface area contributed by atoms with Crippen LogP contribution in [0.3, 0.4) is 0 Å². The van der Waals surface area contributed by atoms with Gasteiger partial charge in [-0.15, -0.1) is 0 Å². The average Bonchev–Trinajstić information content (AvgIpc) is 3.24. The summed E-state index contributed by atoms with van der Waals surface area (Å²) in [5.74, 6) is 0.473. The lowest BCUT2D eigenvalue weighted by Gasteiger charge is -2.35. The van der Waals surface area contributed by atoms with Crippen LogP contribution in [0.15, 0.2) is 48.8 Å². The summed E-state index contributed by atoms with van der Waals surface area (Å²) in [6.07, 6.45) is 3.20. The van der Waals surface area contributed by atoms with Gasteiger partial charge < -0.3 is 9.80 Å². The molecule has 3 aromatic rings.